The number of carboxylic acids is 1. The molecule has 0 bridgehead atoms. The molecule has 5 N–H and O–H groups in total. The van der Waals surface area contributed by atoms with Gasteiger partial charge in [-0.15, -0.1) is 0 Å². The predicted octanol–water partition coefficient (Wildman–Crippen LogP) is 0.0530. The molecule has 0 amide bonds. The van der Waals surface area contributed by atoms with Crippen molar-refractivity contribution in [3.8, 4) is 0 Å². The molecular formula is C8H15F2N3O2. The predicted molar refractivity (Wildman–Crippen MR) is 51.4 cm³/mol. The number of nitrogens with two attached hydrogens (primary N) is 1. The number of alkyl halides is 2. The molecule has 0 aliphatic carbocycles. The SMILES string of the molecule is N=CCNCC(F)(F)CC[C@H](N)C(=O)O. The summed E-state index contributed by atoms with van der Waals surface area (Å²) in [6, 6.07) is -1.25. The molecule has 0 saturated heterocycles. The quantitative estimate of drug-likeness (QED) is 0.345. The van der Waals surface area contributed by atoms with Crippen molar-refractivity contribution in [2.45, 2.75) is 24.8 Å². The Bertz CT molecular complexity index is 224. The van der Waals surface area contributed by atoms with Gasteiger partial charge in [0, 0.05) is 19.2 Å². The third kappa shape index (κ3) is 6.92. The van der Waals surface area contributed by atoms with Gasteiger partial charge in [0.25, 0.3) is 5.92 Å². The Morgan fingerprint density at radius 1 is 1.67 bits per heavy atom. The number of carbonyl (C=O) groups is 1. The van der Waals surface area contributed by atoms with E-state index in [0.29, 0.717) is 0 Å². The van der Waals surface area contributed by atoms with Gasteiger partial charge >= 0.3 is 5.97 Å². The van der Waals surface area contributed by atoms with E-state index in [9.17, 15) is 13.6 Å². The second-order valence-electron chi connectivity index (χ2n) is 3.17. The van der Waals surface area contributed by atoms with Crippen molar-refractivity contribution in [2.24, 2.45) is 5.73 Å². The minimum atomic E-state index is -2.99. The van der Waals surface area contributed by atoms with Gasteiger partial charge in [0.1, 0.15) is 6.04 Å². The first-order valence-corrected chi connectivity index (χ1v) is 4.45. The number of rotatable bonds is 8. The number of nitrogens with one attached hydrogen (secondary N) is 2. The maximum atomic E-state index is 13.0. The summed E-state index contributed by atoms with van der Waals surface area (Å²) in [6.45, 7) is -0.505. The van der Waals surface area contributed by atoms with Crippen LogP contribution in [0.4, 0.5) is 8.78 Å². The summed E-state index contributed by atoms with van der Waals surface area (Å²) < 4.78 is 26.0. The van der Waals surface area contributed by atoms with Gasteiger partial charge in [-0.2, -0.15) is 0 Å². The fourth-order valence-electron chi connectivity index (χ4n) is 0.906. The maximum absolute atomic E-state index is 13.0. The Kier molecular flexibility index (Phi) is 5.95. The van der Waals surface area contributed by atoms with E-state index in [1.807, 2.05) is 0 Å². The van der Waals surface area contributed by atoms with Crippen LogP contribution in [0, 0.1) is 5.41 Å². The van der Waals surface area contributed by atoms with Gasteiger partial charge in [0.05, 0.1) is 6.54 Å². The Hall–Kier alpha value is -1.08. The van der Waals surface area contributed by atoms with Gasteiger partial charge in [-0.1, -0.05) is 0 Å². The number of aliphatic carboxylic acids is 1. The van der Waals surface area contributed by atoms with Crippen molar-refractivity contribution in [3.63, 3.8) is 0 Å². The topological polar surface area (TPSA) is 99.2 Å². The van der Waals surface area contributed by atoms with E-state index in [0.717, 1.165) is 6.21 Å². The van der Waals surface area contributed by atoms with Gasteiger partial charge in [-0.05, 0) is 6.42 Å². The average Bonchev–Trinajstić information content (AvgIpc) is 2.14. The van der Waals surface area contributed by atoms with Gasteiger partial charge in [0.15, 0.2) is 0 Å². The minimum Gasteiger partial charge on any atom is -0.480 e. The Morgan fingerprint density at radius 3 is 2.73 bits per heavy atom. The zero-order valence-corrected chi connectivity index (χ0v) is 8.17. The van der Waals surface area contributed by atoms with Crippen LogP contribution in [0.25, 0.3) is 0 Å². The van der Waals surface area contributed by atoms with Crippen LogP contribution in [0.15, 0.2) is 0 Å². The van der Waals surface area contributed by atoms with Gasteiger partial charge < -0.3 is 21.6 Å². The van der Waals surface area contributed by atoms with E-state index in [4.69, 9.17) is 16.2 Å². The normalized spacial score (nSPS) is 13.5. The fourth-order valence-corrected chi connectivity index (χ4v) is 0.906. The molecule has 0 aromatic heterocycles. The monoisotopic (exact) mass is 223 g/mol. The van der Waals surface area contributed by atoms with Crippen LogP contribution in [0.5, 0.6) is 0 Å². The first-order valence-electron chi connectivity index (χ1n) is 4.45. The molecule has 7 heteroatoms. The molecule has 5 nitrogen and oxygen atoms in total. The Morgan fingerprint density at radius 2 is 2.27 bits per heavy atom. The van der Waals surface area contributed by atoms with Crippen molar-refractivity contribution in [3.05, 3.63) is 0 Å². The van der Waals surface area contributed by atoms with Crippen LogP contribution in [0.3, 0.4) is 0 Å². The third-order valence-corrected chi connectivity index (χ3v) is 1.77. The second kappa shape index (κ2) is 6.41. The van der Waals surface area contributed by atoms with Gasteiger partial charge in [0.2, 0.25) is 0 Å². The maximum Gasteiger partial charge on any atom is 0.320 e. The minimum absolute atomic E-state index is 0.0700. The number of carboxylic acid groups (broad SMARTS) is 1. The molecule has 0 heterocycles. The first-order chi connectivity index (χ1) is 6.89. The summed E-state index contributed by atoms with van der Waals surface area (Å²) in [4.78, 5) is 10.3. The van der Waals surface area contributed by atoms with Gasteiger partial charge in [-0.3, -0.25) is 4.79 Å². The van der Waals surface area contributed by atoms with E-state index in [1.54, 1.807) is 0 Å². The fraction of sp³-hybridized carbons (Fsp3) is 0.750. The van der Waals surface area contributed by atoms with E-state index < -0.39 is 30.9 Å². The summed E-state index contributed by atoms with van der Waals surface area (Å²) in [7, 11) is 0. The molecule has 1 atom stereocenters. The van der Waals surface area contributed by atoms with E-state index in [2.05, 4.69) is 5.32 Å². The smallest absolute Gasteiger partial charge is 0.320 e. The Labute approximate surface area is 86.2 Å². The van der Waals surface area contributed by atoms with Crippen LogP contribution >= 0.6 is 0 Å². The number of halogens is 2. The summed E-state index contributed by atoms with van der Waals surface area (Å²) in [5, 5.41) is 17.3. The van der Waals surface area contributed by atoms with E-state index in [1.165, 1.54) is 0 Å². The number of hydrogen-bond acceptors (Lipinski definition) is 4. The molecule has 0 fully saturated rings. The van der Waals surface area contributed by atoms with E-state index >= 15 is 0 Å². The highest BCUT2D eigenvalue weighted by atomic mass is 19.3. The average molecular weight is 223 g/mol. The van der Waals surface area contributed by atoms with Crippen molar-refractivity contribution in [2.75, 3.05) is 13.1 Å². The molecule has 0 unspecified atom stereocenters. The van der Waals surface area contributed by atoms with Crippen molar-refractivity contribution >= 4 is 12.2 Å². The highest BCUT2D eigenvalue weighted by Crippen LogP contribution is 2.19. The summed E-state index contributed by atoms with van der Waals surface area (Å²) in [5.41, 5.74) is 5.09. The molecule has 88 valence electrons. The lowest BCUT2D eigenvalue weighted by Gasteiger charge is -2.17. The lowest BCUT2D eigenvalue weighted by molar-refractivity contribution is -0.139. The van der Waals surface area contributed by atoms with Crippen LogP contribution in [-0.2, 0) is 4.79 Å². The van der Waals surface area contributed by atoms with Crippen molar-refractivity contribution in [1.82, 2.24) is 5.32 Å². The van der Waals surface area contributed by atoms with Crippen LogP contribution < -0.4 is 11.1 Å². The van der Waals surface area contributed by atoms with Crippen LogP contribution in [0.1, 0.15) is 12.8 Å². The lowest BCUT2D eigenvalue weighted by atomic mass is 10.1. The van der Waals surface area contributed by atoms with Crippen LogP contribution in [0.2, 0.25) is 0 Å². The van der Waals surface area contributed by atoms with Crippen molar-refractivity contribution in [1.29, 1.82) is 5.41 Å². The highest BCUT2D eigenvalue weighted by molar-refractivity contribution is 5.72. The second-order valence-corrected chi connectivity index (χ2v) is 3.17. The van der Waals surface area contributed by atoms with Crippen molar-refractivity contribution < 1.29 is 18.7 Å². The molecule has 15 heavy (non-hydrogen) atoms. The summed E-state index contributed by atoms with van der Waals surface area (Å²) in [6.07, 6.45) is 0.124. The molecule has 0 saturated carbocycles. The molecule has 0 spiro atoms. The molecule has 0 radical (unpaired) electrons. The van der Waals surface area contributed by atoms with Gasteiger partial charge in [-0.25, -0.2) is 8.78 Å². The van der Waals surface area contributed by atoms with E-state index in [-0.39, 0.29) is 13.0 Å². The first kappa shape index (κ1) is 13.9. The standard InChI is InChI=1S/C8H15F2N3O2/c9-8(10,5-13-4-3-11)2-1-6(12)7(14)15/h3,6,11,13H,1-2,4-5,12H2,(H,14,15)/t6-/m0/s1. The summed E-state index contributed by atoms with van der Waals surface area (Å²) >= 11 is 0. The Balaban J connectivity index is 3.81. The zero-order valence-electron chi connectivity index (χ0n) is 8.17. The highest BCUT2D eigenvalue weighted by Gasteiger charge is 2.29. The zero-order chi connectivity index (χ0) is 11.9. The third-order valence-electron chi connectivity index (χ3n) is 1.77. The molecule has 0 aliphatic rings. The van der Waals surface area contributed by atoms with Crippen LogP contribution in [-0.4, -0.2) is 42.3 Å². The lowest BCUT2D eigenvalue weighted by Crippen LogP contribution is -2.37. The molecular weight excluding hydrogens is 208 g/mol. The summed E-state index contributed by atoms with van der Waals surface area (Å²) in [5.74, 6) is -4.27. The molecule has 0 aliphatic heterocycles. The molecule has 0 aromatic rings. The molecule has 0 aromatic carbocycles. The molecule has 0 rings (SSSR count). The number of hydrogen-bond donors (Lipinski definition) is 4. The largest absolute Gasteiger partial charge is 0.480 e.